The van der Waals surface area contributed by atoms with Gasteiger partial charge < -0.3 is 25.0 Å². The van der Waals surface area contributed by atoms with Crippen molar-refractivity contribution in [1.29, 1.82) is 0 Å². The molecule has 0 spiro atoms. The normalized spacial score (nSPS) is 14.3. The number of nitrogens with zero attached hydrogens (tertiary/aromatic N) is 3. The van der Waals surface area contributed by atoms with Gasteiger partial charge in [0.2, 0.25) is 5.91 Å². The number of benzene rings is 2. The number of methoxy groups -OCH3 is 1. The molecule has 4 rings (SSSR count). The first-order chi connectivity index (χ1) is 20.9. The lowest BCUT2D eigenvalue weighted by molar-refractivity contribution is -0.130. The number of ether oxygens (including phenoxy) is 1. The molecule has 0 aliphatic carbocycles. The molecule has 3 N–H and O–H groups in total. The van der Waals surface area contributed by atoms with Crippen molar-refractivity contribution in [2.75, 3.05) is 45.2 Å². The van der Waals surface area contributed by atoms with E-state index in [4.69, 9.17) is 4.74 Å². The minimum atomic E-state index is -0.253. The number of nitrogens with one attached hydrogen (secondary N) is 2. The Kier molecular flexibility index (Phi) is 11.1. The lowest BCUT2D eigenvalue weighted by Crippen LogP contribution is -2.50. The monoisotopic (exact) mass is 639 g/mol. The predicted octanol–water partition coefficient (Wildman–Crippen LogP) is 4.66. The molecule has 1 unspecified atom stereocenters. The van der Waals surface area contributed by atoms with E-state index in [1.165, 1.54) is 23.1 Å². The second kappa shape index (κ2) is 14.6. The smallest absolute Gasteiger partial charge is 0.257 e. The van der Waals surface area contributed by atoms with Crippen LogP contribution < -0.4 is 15.4 Å². The van der Waals surface area contributed by atoms with Crippen LogP contribution in [0.4, 0.5) is 5.13 Å². The molecule has 10 nitrogen and oxygen atoms in total. The molecule has 1 aliphatic heterocycles. The average molecular weight is 640 g/mol. The van der Waals surface area contributed by atoms with Gasteiger partial charge in [0, 0.05) is 56.1 Å². The Morgan fingerprint density at radius 2 is 1.75 bits per heavy atom. The van der Waals surface area contributed by atoms with Crippen molar-refractivity contribution in [3.63, 3.8) is 0 Å². The molecule has 0 radical (unpaired) electrons. The van der Waals surface area contributed by atoms with Crippen molar-refractivity contribution in [2.45, 2.75) is 56.3 Å². The standard InChI is InChI=1S/C32H41N5O5S2/c1-20-15-25(42-6)24(30(41)37-13-11-36(12-14-37)21(2)39)16-26(20)43-28-18-34-31(44-28)35-29(40)23-9-7-22(8-10-23)17-33-27(19-38)32(3,4)5/h7-10,15-16,18,27,33,38H,11-14,17,19H2,1-6H3,(H,34,35,40). The zero-order valence-corrected chi connectivity index (χ0v) is 27.7. The molecule has 44 heavy (non-hydrogen) atoms. The van der Waals surface area contributed by atoms with Crippen molar-refractivity contribution in [3.8, 4) is 5.75 Å². The number of hydrogen-bond donors (Lipinski definition) is 3. The van der Waals surface area contributed by atoms with Gasteiger partial charge in [-0.15, -0.1) is 0 Å². The van der Waals surface area contributed by atoms with Gasteiger partial charge in [-0.25, -0.2) is 4.98 Å². The van der Waals surface area contributed by atoms with Crippen molar-refractivity contribution in [1.82, 2.24) is 20.1 Å². The topological polar surface area (TPSA) is 124 Å². The quantitative estimate of drug-likeness (QED) is 0.293. The molecule has 3 amide bonds. The molecule has 3 aromatic rings. The molecule has 236 valence electrons. The van der Waals surface area contributed by atoms with E-state index < -0.39 is 0 Å². The zero-order valence-electron chi connectivity index (χ0n) is 26.1. The highest BCUT2D eigenvalue weighted by Gasteiger charge is 2.26. The van der Waals surface area contributed by atoms with Gasteiger partial charge in [-0.2, -0.15) is 0 Å². The Balaban J connectivity index is 1.39. The van der Waals surface area contributed by atoms with Crippen LogP contribution in [0.5, 0.6) is 5.75 Å². The Bertz CT molecular complexity index is 1480. The highest BCUT2D eigenvalue weighted by atomic mass is 32.2. The van der Waals surface area contributed by atoms with Gasteiger partial charge in [0.05, 0.1) is 29.7 Å². The van der Waals surface area contributed by atoms with E-state index in [0.29, 0.717) is 54.7 Å². The van der Waals surface area contributed by atoms with Crippen LogP contribution >= 0.6 is 23.1 Å². The number of hydrogen-bond acceptors (Lipinski definition) is 9. The van der Waals surface area contributed by atoms with E-state index in [1.807, 2.05) is 31.2 Å². The van der Waals surface area contributed by atoms with Gasteiger partial charge >= 0.3 is 0 Å². The van der Waals surface area contributed by atoms with Gasteiger partial charge in [0.25, 0.3) is 11.8 Å². The third-order valence-electron chi connectivity index (χ3n) is 7.65. The lowest BCUT2D eigenvalue weighted by atomic mass is 9.87. The van der Waals surface area contributed by atoms with Crippen molar-refractivity contribution in [2.24, 2.45) is 5.41 Å². The molecule has 2 heterocycles. The van der Waals surface area contributed by atoms with Crippen LogP contribution in [0.1, 0.15) is 59.5 Å². The maximum Gasteiger partial charge on any atom is 0.257 e. The predicted molar refractivity (Wildman–Crippen MR) is 174 cm³/mol. The number of aryl methyl sites for hydroxylation is 1. The zero-order chi connectivity index (χ0) is 32.0. The van der Waals surface area contributed by atoms with E-state index in [9.17, 15) is 19.5 Å². The number of carbonyl (C=O) groups excluding carboxylic acids is 3. The molecular formula is C32H41N5O5S2. The van der Waals surface area contributed by atoms with Crippen LogP contribution in [0, 0.1) is 12.3 Å². The molecule has 1 atom stereocenters. The second-order valence-electron chi connectivity index (χ2n) is 11.8. The van der Waals surface area contributed by atoms with Gasteiger partial charge in [-0.1, -0.05) is 56.0 Å². The summed E-state index contributed by atoms with van der Waals surface area (Å²) in [5.41, 5.74) is 2.89. The first-order valence-corrected chi connectivity index (χ1v) is 16.1. The Morgan fingerprint density at radius 1 is 1.09 bits per heavy atom. The van der Waals surface area contributed by atoms with E-state index in [2.05, 4.69) is 36.4 Å². The number of carbonyl (C=O) groups is 3. The third kappa shape index (κ3) is 8.38. The fourth-order valence-electron chi connectivity index (χ4n) is 4.80. The number of thiazole rings is 1. The summed E-state index contributed by atoms with van der Waals surface area (Å²) in [6, 6.07) is 11.0. The lowest BCUT2D eigenvalue weighted by Gasteiger charge is -2.34. The summed E-state index contributed by atoms with van der Waals surface area (Å²) in [7, 11) is 1.55. The molecule has 0 bridgehead atoms. The summed E-state index contributed by atoms with van der Waals surface area (Å²) in [5.74, 6) is 0.136. The average Bonchev–Trinajstić information content (AvgIpc) is 3.44. The Morgan fingerprint density at radius 3 is 2.34 bits per heavy atom. The summed E-state index contributed by atoms with van der Waals surface area (Å²) in [6.07, 6.45) is 1.71. The third-order valence-corrected chi connectivity index (χ3v) is 9.83. The van der Waals surface area contributed by atoms with Crippen LogP contribution in [0.15, 0.2) is 51.7 Å². The maximum absolute atomic E-state index is 13.4. The highest BCUT2D eigenvalue weighted by Crippen LogP contribution is 2.38. The summed E-state index contributed by atoms with van der Waals surface area (Å²) >= 11 is 2.83. The largest absolute Gasteiger partial charge is 0.496 e. The van der Waals surface area contributed by atoms with Crippen molar-refractivity contribution in [3.05, 3.63) is 64.8 Å². The van der Waals surface area contributed by atoms with Crippen molar-refractivity contribution < 1.29 is 24.2 Å². The number of aromatic nitrogens is 1. The number of rotatable bonds is 10. The van der Waals surface area contributed by atoms with Gasteiger partial charge in [-0.3, -0.25) is 19.7 Å². The van der Waals surface area contributed by atoms with Crippen LogP contribution in [-0.2, 0) is 11.3 Å². The number of amides is 3. The molecule has 1 aromatic heterocycles. The number of piperazine rings is 1. The summed E-state index contributed by atoms with van der Waals surface area (Å²) in [4.78, 5) is 46.8. The van der Waals surface area contributed by atoms with Crippen LogP contribution in [0.25, 0.3) is 0 Å². The Labute approximate surface area is 267 Å². The maximum atomic E-state index is 13.4. The van der Waals surface area contributed by atoms with E-state index in [1.54, 1.807) is 42.2 Å². The minimum Gasteiger partial charge on any atom is -0.496 e. The van der Waals surface area contributed by atoms with Gasteiger partial charge in [0.1, 0.15) is 5.75 Å². The van der Waals surface area contributed by atoms with E-state index in [0.717, 1.165) is 20.2 Å². The Hall–Kier alpha value is -3.45. The van der Waals surface area contributed by atoms with Crippen LogP contribution in [-0.4, -0.2) is 83.5 Å². The molecule has 0 saturated carbocycles. The molecule has 1 aliphatic rings. The SMILES string of the molecule is COc1cc(C)c(Sc2cnc(NC(=O)c3ccc(CNC(CO)C(C)(C)C)cc3)s2)cc1C(=O)N1CCN(C(C)=O)CC1. The molecule has 2 aromatic carbocycles. The second-order valence-corrected chi connectivity index (χ2v) is 14.2. The molecule has 1 fully saturated rings. The summed E-state index contributed by atoms with van der Waals surface area (Å²) in [5, 5.41) is 16.4. The molecular weight excluding hydrogens is 599 g/mol. The van der Waals surface area contributed by atoms with Gasteiger partial charge in [0.15, 0.2) is 5.13 Å². The number of aliphatic hydroxyl groups is 1. The fraction of sp³-hybridized carbons (Fsp3) is 0.438. The number of anilines is 1. The molecule has 12 heteroatoms. The van der Waals surface area contributed by atoms with Crippen LogP contribution in [0.2, 0.25) is 0 Å². The summed E-state index contributed by atoms with van der Waals surface area (Å²) < 4.78 is 6.41. The highest BCUT2D eigenvalue weighted by molar-refractivity contribution is 8.01. The van der Waals surface area contributed by atoms with Crippen LogP contribution in [0.3, 0.4) is 0 Å². The first-order valence-electron chi connectivity index (χ1n) is 14.5. The van der Waals surface area contributed by atoms with Gasteiger partial charge in [-0.05, 0) is 47.7 Å². The fourth-order valence-corrected chi connectivity index (χ4v) is 6.74. The summed E-state index contributed by atoms with van der Waals surface area (Å²) in [6.45, 7) is 12.3. The first kappa shape index (κ1) is 33.4. The number of aliphatic hydroxyl groups excluding tert-OH is 1. The van der Waals surface area contributed by atoms with E-state index >= 15 is 0 Å². The molecule has 1 saturated heterocycles. The van der Waals surface area contributed by atoms with Crippen molar-refractivity contribution >= 4 is 46.0 Å². The minimum absolute atomic E-state index is 0.0129. The van der Waals surface area contributed by atoms with E-state index in [-0.39, 0.29) is 35.8 Å².